The van der Waals surface area contributed by atoms with Gasteiger partial charge in [0.15, 0.2) is 0 Å². The molecule has 0 aromatic heterocycles. The molecule has 1 saturated carbocycles. The van der Waals surface area contributed by atoms with Crippen LogP contribution in [0.5, 0.6) is 0 Å². The lowest BCUT2D eigenvalue weighted by atomic mass is 9.89. The SMILES string of the molecule is O=C(NCC1CNCC1Cc1ccccc1)C1CC1. The summed E-state index contributed by atoms with van der Waals surface area (Å²) in [7, 11) is 0. The minimum atomic E-state index is 0.269. The van der Waals surface area contributed by atoms with Crippen LogP contribution in [0.15, 0.2) is 30.3 Å². The molecule has 1 aromatic rings. The molecule has 1 saturated heterocycles. The van der Waals surface area contributed by atoms with Gasteiger partial charge < -0.3 is 10.6 Å². The summed E-state index contributed by atoms with van der Waals surface area (Å²) >= 11 is 0. The van der Waals surface area contributed by atoms with E-state index in [9.17, 15) is 4.79 Å². The molecular weight excluding hydrogens is 236 g/mol. The smallest absolute Gasteiger partial charge is 0.223 e. The van der Waals surface area contributed by atoms with Gasteiger partial charge in [0.05, 0.1) is 0 Å². The molecule has 1 amide bonds. The maximum Gasteiger partial charge on any atom is 0.223 e. The van der Waals surface area contributed by atoms with Crippen molar-refractivity contribution in [2.24, 2.45) is 17.8 Å². The molecule has 2 fully saturated rings. The molecule has 3 heteroatoms. The summed E-state index contributed by atoms with van der Waals surface area (Å²) < 4.78 is 0. The maximum atomic E-state index is 11.7. The Morgan fingerprint density at radius 3 is 2.63 bits per heavy atom. The number of carbonyl (C=O) groups excluding carboxylic acids is 1. The van der Waals surface area contributed by atoms with E-state index in [1.807, 2.05) is 0 Å². The van der Waals surface area contributed by atoms with Crippen LogP contribution in [0.25, 0.3) is 0 Å². The zero-order chi connectivity index (χ0) is 13.1. The predicted molar refractivity (Wildman–Crippen MR) is 75.7 cm³/mol. The van der Waals surface area contributed by atoms with E-state index in [2.05, 4.69) is 41.0 Å². The van der Waals surface area contributed by atoms with Crippen molar-refractivity contribution in [3.8, 4) is 0 Å². The van der Waals surface area contributed by atoms with E-state index in [1.54, 1.807) is 0 Å². The lowest BCUT2D eigenvalue weighted by Gasteiger charge is -2.19. The lowest BCUT2D eigenvalue weighted by molar-refractivity contribution is -0.122. The highest BCUT2D eigenvalue weighted by atomic mass is 16.2. The number of carbonyl (C=O) groups is 1. The van der Waals surface area contributed by atoms with Gasteiger partial charge in [-0.15, -0.1) is 0 Å². The van der Waals surface area contributed by atoms with Gasteiger partial charge >= 0.3 is 0 Å². The molecule has 2 unspecified atom stereocenters. The fourth-order valence-electron chi connectivity index (χ4n) is 2.90. The third-order valence-electron chi connectivity index (χ3n) is 4.31. The van der Waals surface area contributed by atoms with Crippen LogP contribution in [0.2, 0.25) is 0 Å². The number of hydrogen-bond donors (Lipinski definition) is 2. The number of benzene rings is 1. The molecule has 1 heterocycles. The van der Waals surface area contributed by atoms with Crippen LogP contribution in [0.4, 0.5) is 0 Å². The van der Waals surface area contributed by atoms with Gasteiger partial charge in [-0.25, -0.2) is 0 Å². The molecule has 2 N–H and O–H groups in total. The number of rotatable bonds is 5. The molecule has 2 atom stereocenters. The van der Waals surface area contributed by atoms with Crippen LogP contribution in [0, 0.1) is 17.8 Å². The van der Waals surface area contributed by atoms with Gasteiger partial charge in [-0.05, 0) is 49.8 Å². The Balaban J connectivity index is 1.51. The number of hydrogen-bond acceptors (Lipinski definition) is 2. The summed E-state index contributed by atoms with van der Waals surface area (Å²) in [5.41, 5.74) is 1.40. The van der Waals surface area contributed by atoms with Gasteiger partial charge in [-0.3, -0.25) is 4.79 Å². The van der Waals surface area contributed by atoms with Crippen molar-refractivity contribution in [1.29, 1.82) is 0 Å². The molecule has 19 heavy (non-hydrogen) atoms. The summed E-state index contributed by atoms with van der Waals surface area (Å²) in [5.74, 6) is 1.80. The van der Waals surface area contributed by atoms with Crippen LogP contribution < -0.4 is 10.6 Å². The topological polar surface area (TPSA) is 41.1 Å². The van der Waals surface area contributed by atoms with Crippen LogP contribution in [-0.2, 0) is 11.2 Å². The molecule has 0 bridgehead atoms. The molecule has 1 aliphatic carbocycles. The van der Waals surface area contributed by atoms with E-state index in [0.29, 0.717) is 17.8 Å². The molecule has 0 spiro atoms. The lowest BCUT2D eigenvalue weighted by Crippen LogP contribution is -2.33. The second kappa shape index (κ2) is 5.74. The zero-order valence-corrected chi connectivity index (χ0v) is 11.3. The van der Waals surface area contributed by atoms with Crippen molar-refractivity contribution in [3.63, 3.8) is 0 Å². The average Bonchev–Trinajstić information content (AvgIpc) is 3.20. The van der Waals surface area contributed by atoms with Gasteiger partial charge in [0.2, 0.25) is 5.91 Å². The Hall–Kier alpha value is -1.35. The molecule has 0 radical (unpaired) electrons. The molecule has 3 rings (SSSR count). The Morgan fingerprint density at radius 2 is 1.89 bits per heavy atom. The summed E-state index contributed by atoms with van der Waals surface area (Å²) in [4.78, 5) is 11.7. The standard InChI is InChI=1S/C16H22N2O/c19-16(13-6-7-13)18-11-15-10-17-9-14(15)8-12-4-2-1-3-5-12/h1-5,13-15,17H,6-11H2,(H,18,19). The summed E-state index contributed by atoms with van der Waals surface area (Å²) in [6.45, 7) is 2.93. The van der Waals surface area contributed by atoms with Gasteiger partial charge in [-0.2, -0.15) is 0 Å². The van der Waals surface area contributed by atoms with Crippen molar-refractivity contribution in [1.82, 2.24) is 10.6 Å². The van der Waals surface area contributed by atoms with Crippen molar-refractivity contribution in [2.45, 2.75) is 19.3 Å². The summed E-state index contributed by atoms with van der Waals surface area (Å²) in [6.07, 6.45) is 3.28. The van der Waals surface area contributed by atoms with Crippen molar-refractivity contribution < 1.29 is 4.79 Å². The van der Waals surface area contributed by atoms with Crippen LogP contribution in [0.1, 0.15) is 18.4 Å². The van der Waals surface area contributed by atoms with E-state index in [4.69, 9.17) is 0 Å². The van der Waals surface area contributed by atoms with Gasteiger partial charge in [0.1, 0.15) is 0 Å². The zero-order valence-electron chi connectivity index (χ0n) is 11.3. The Labute approximate surface area is 114 Å². The first-order valence-electron chi connectivity index (χ1n) is 7.35. The van der Waals surface area contributed by atoms with E-state index < -0.39 is 0 Å². The first kappa shape index (κ1) is 12.7. The van der Waals surface area contributed by atoms with Crippen LogP contribution >= 0.6 is 0 Å². The second-order valence-corrected chi connectivity index (χ2v) is 5.89. The Kier molecular flexibility index (Phi) is 3.83. The number of nitrogens with one attached hydrogen (secondary N) is 2. The normalized spacial score (nSPS) is 26.3. The van der Waals surface area contributed by atoms with Crippen LogP contribution in [0.3, 0.4) is 0 Å². The fraction of sp³-hybridized carbons (Fsp3) is 0.562. The fourth-order valence-corrected chi connectivity index (χ4v) is 2.90. The quantitative estimate of drug-likeness (QED) is 0.842. The first-order valence-corrected chi connectivity index (χ1v) is 7.35. The highest BCUT2D eigenvalue weighted by Crippen LogP contribution is 2.29. The third-order valence-corrected chi connectivity index (χ3v) is 4.31. The van der Waals surface area contributed by atoms with Crippen molar-refractivity contribution in [2.75, 3.05) is 19.6 Å². The number of amides is 1. The van der Waals surface area contributed by atoms with E-state index in [-0.39, 0.29) is 5.91 Å². The van der Waals surface area contributed by atoms with Gasteiger partial charge in [-0.1, -0.05) is 30.3 Å². The predicted octanol–water partition coefficient (Wildman–Crippen LogP) is 1.59. The highest BCUT2D eigenvalue weighted by Gasteiger charge is 2.32. The first-order chi connectivity index (χ1) is 9.33. The minimum Gasteiger partial charge on any atom is -0.356 e. The Morgan fingerprint density at radius 1 is 1.16 bits per heavy atom. The molecule has 3 nitrogen and oxygen atoms in total. The Bertz CT molecular complexity index is 428. The van der Waals surface area contributed by atoms with Crippen molar-refractivity contribution in [3.05, 3.63) is 35.9 Å². The van der Waals surface area contributed by atoms with E-state index in [0.717, 1.165) is 38.9 Å². The van der Waals surface area contributed by atoms with E-state index in [1.165, 1.54) is 5.56 Å². The largest absolute Gasteiger partial charge is 0.356 e. The molecule has 2 aliphatic rings. The summed E-state index contributed by atoms with van der Waals surface area (Å²) in [6, 6.07) is 10.6. The van der Waals surface area contributed by atoms with Gasteiger partial charge in [0, 0.05) is 12.5 Å². The maximum absolute atomic E-state index is 11.7. The highest BCUT2D eigenvalue weighted by molar-refractivity contribution is 5.80. The third kappa shape index (κ3) is 3.35. The molecular formula is C16H22N2O. The van der Waals surface area contributed by atoms with Crippen molar-refractivity contribution >= 4 is 5.91 Å². The monoisotopic (exact) mass is 258 g/mol. The summed E-state index contributed by atoms with van der Waals surface area (Å²) in [5, 5.41) is 6.58. The molecule has 1 aliphatic heterocycles. The molecule has 1 aromatic carbocycles. The second-order valence-electron chi connectivity index (χ2n) is 5.89. The average molecular weight is 258 g/mol. The minimum absolute atomic E-state index is 0.269. The van der Waals surface area contributed by atoms with E-state index >= 15 is 0 Å². The van der Waals surface area contributed by atoms with Crippen LogP contribution in [-0.4, -0.2) is 25.5 Å². The molecule has 102 valence electrons. The van der Waals surface area contributed by atoms with Gasteiger partial charge in [0.25, 0.3) is 0 Å².